The maximum absolute atomic E-state index is 10.9. The molecule has 1 saturated carbocycles. The zero-order chi connectivity index (χ0) is 13.4. The molecule has 2 heterocycles. The summed E-state index contributed by atoms with van der Waals surface area (Å²) in [4.78, 5) is 21.3. The smallest absolute Gasteiger partial charge is 0.355 e. The predicted octanol–water partition coefficient (Wildman–Crippen LogP) is 3.65. The minimum atomic E-state index is -0.968. The van der Waals surface area contributed by atoms with Crippen molar-refractivity contribution in [2.24, 2.45) is 0 Å². The van der Waals surface area contributed by atoms with Gasteiger partial charge in [-0.05, 0) is 31.9 Å². The van der Waals surface area contributed by atoms with Gasteiger partial charge in [0.2, 0.25) is 0 Å². The molecule has 0 aliphatic heterocycles. The Morgan fingerprint density at radius 1 is 1.47 bits per heavy atom. The Kier molecular flexibility index (Phi) is 3.20. The van der Waals surface area contributed by atoms with Gasteiger partial charge in [-0.15, -0.1) is 22.7 Å². The third-order valence-electron chi connectivity index (χ3n) is 2.98. The van der Waals surface area contributed by atoms with Gasteiger partial charge in [0.05, 0.1) is 16.1 Å². The number of thiazole rings is 2. The van der Waals surface area contributed by atoms with Gasteiger partial charge < -0.3 is 5.11 Å². The molecule has 2 aromatic heterocycles. The molecule has 6 heteroatoms. The van der Waals surface area contributed by atoms with E-state index in [-0.39, 0.29) is 5.69 Å². The molecule has 1 aliphatic carbocycles. The number of hydrogen-bond donors (Lipinski definition) is 1. The third-order valence-corrected chi connectivity index (χ3v) is 4.73. The highest BCUT2D eigenvalue weighted by Crippen LogP contribution is 2.42. The number of carbonyl (C=O) groups is 1. The van der Waals surface area contributed by atoms with Crippen molar-refractivity contribution in [3.8, 4) is 0 Å². The van der Waals surface area contributed by atoms with E-state index in [0.29, 0.717) is 5.92 Å². The molecule has 3 rings (SSSR count). The number of aryl methyl sites for hydroxylation is 1. The molecular weight excluding hydrogens is 280 g/mol. The van der Waals surface area contributed by atoms with Gasteiger partial charge in [-0.2, -0.15) is 0 Å². The topological polar surface area (TPSA) is 63.1 Å². The van der Waals surface area contributed by atoms with Crippen LogP contribution < -0.4 is 0 Å². The van der Waals surface area contributed by atoms with Gasteiger partial charge in [-0.1, -0.05) is 0 Å². The van der Waals surface area contributed by atoms with Crippen LogP contribution in [-0.4, -0.2) is 21.0 Å². The van der Waals surface area contributed by atoms with E-state index in [0.717, 1.165) is 14.8 Å². The maximum Gasteiger partial charge on any atom is 0.355 e. The van der Waals surface area contributed by atoms with Gasteiger partial charge in [0, 0.05) is 10.8 Å². The molecule has 1 aliphatic rings. The lowest BCUT2D eigenvalue weighted by Crippen LogP contribution is -1.98. The fourth-order valence-electron chi connectivity index (χ4n) is 1.89. The van der Waals surface area contributed by atoms with Crippen molar-refractivity contribution >= 4 is 40.8 Å². The molecule has 0 aromatic carbocycles. The van der Waals surface area contributed by atoms with Gasteiger partial charge in [0.25, 0.3) is 0 Å². The lowest BCUT2D eigenvalue weighted by atomic mass is 10.2. The zero-order valence-corrected chi connectivity index (χ0v) is 11.9. The Morgan fingerprint density at radius 3 is 2.89 bits per heavy atom. The number of nitrogens with zero attached hydrogens (tertiary/aromatic N) is 2. The summed E-state index contributed by atoms with van der Waals surface area (Å²) in [5.41, 5.74) is 3.19. The average molecular weight is 292 g/mol. The molecular formula is C13H12N2O2S2. The molecule has 1 N–H and O–H groups in total. The summed E-state index contributed by atoms with van der Waals surface area (Å²) in [5.74, 6) is -0.344. The van der Waals surface area contributed by atoms with Crippen LogP contribution in [0.5, 0.6) is 0 Å². The first-order chi connectivity index (χ1) is 9.15. The molecule has 0 radical (unpaired) electrons. The fraction of sp³-hybridized carbons (Fsp3) is 0.308. The van der Waals surface area contributed by atoms with Gasteiger partial charge in [0.15, 0.2) is 5.69 Å². The second-order valence-corrected chi connectivity index (χ2v) is 6.59. The molecule has 0 unspecified atom stereocenters. The number of rotatable bonds is 4. The monoisotopic (exact) mass is 292 g/mol. The first-order valence-corrected chi connectivity index (χ1v) is 7.67. The normalized spacial score (nSPS) is 15.2. The number of carboxylic acids is 1. The van der Waals surface area contributed by atoms with Crippen LogP contribution in [0.3, 0.4) is 0 Å². The van der Waals surface area contributed by atoms with Crippen LogP contribution >= 0.6 is 22.7 Å². The van der Waals surface area contributed by atoms with Crippen molar-refractivity contribution in [3.05, 3.63) is 31.7 Å². The first-order valence-electron chi connectivity index (χ1n) is 5.97. The number of hydrogen-bond acceptors (Lipinski definition) is 5. The van der Waals surface area contributed by atoms with E-state index in [4.69, 9.17) is 5.11 Å². The average Bonchev–Trinajstić information content (AvgIpc) is 2.98. The zero-order valence-electron chi connectivity index (χ0n) is 10.3. The Morgan fingerprint density at radius 2 is 2.26 bits per heavy atom. The maximum atomic E-state index is 10.9. The van der Waals surface area contributed by atoms with Gasteiger partial charge in [-0.25, -0.2) is 14.8 Å². The predicted molar refractivity (Wildman–Crippen MR) is 76.8 cm³/mol. The summed E-state index contributed by atoms with van der Waals surface area (Å²) in [6.45, 7) is 1.78. The lowest BCUT2D eigenvalue weighted by molar-refractivity contribution is 0.0690. The minimum Gasteiger partial charge on any atom is -0.476 e. The summed E-state index contributed by atoms with van der Waals surface area (Å²) in [6.07, 6.45) is 6.33. The minimum absolute atomic E-state index is 0.149. The molecule has 0 amide bonds. The van der Waals surface area contributed by atoms with Crippen molar-refractivity contribution in [2.45, 2.75) is 25.7 Å². The van der Waals surface area contributed by atoms with Crippen molar-refractivity contribution in [2.75, 3.05) is 0 Å². The Balaban J connectivity index is 1.84. The summed E-state index contributed by atoms with van der Waals surface area (Å²) in [7, 11) is 0. The van der Waals surface area contributed by atoms with E-state index >= 15 is 0 Å². The van der Waals surface area contributed by atoms with Crippen molar-refractivity contribution in [3.63, 3.8) is 0 Å². The molecule has 0 saturated heterocycles. The fourth-order valence-corrected chi connectivity index (χ4v) is 3.47. The summed E-state index contributed by atoms with van der Waals surface area (Å²) in [6, 6.07) is 0. The lowest BCUT2D eigenvalue weighted by Gasteiger charge is -1.92. The number of aromatic carboxylic acids is 1. The Hall–Kier alpha value is -1.53. The molecule has 0 bridgehead atoms. The molecule has 98 valence electrons. The van der Waals surface area contributed by atoms with Crippen LogP contribution in [0.4, 0.5) is 0 Å². The van der Waals surface area contributed by atoms with Crippen molar-refractivity contribution < 1.29 is 9.90 Å². The number of aromatic nitrogens is 2. The van der Waals surface area contributed by atoms with Gasteiger partial charge in [-0.3, -0.25) is 0 Å². The SMILES string of the molecule is Cc1sc(/C=C/c2scnc2C2CC2)nc1C(=O)O. The van der Waals surface area contributed by atoms with Crippen LogP contribution in [0.1, 0.15) is 49.7 Å². The molecule has 0 atom stereocenters. The summed E-state index contributed by atoms with van der Waals surface area (Å²) < 4.78 is 0. The van der Waals surface area contributed by atoms with Crippen LogP contribution in [0.2, 0.25) is 0 Å². The summed E-state index contributed by atoms with van der Waals surface area (Å²) >= 11 is 3.02. The van der Waals surface area contributed by atoms with Crippen LogP contribution in [-0.2, 0) is 0 Å². The first kappa shape index (κ1) is 12.5. The highest BCUT2D eigenvalue weighted by molar-refractivity contribution is 7.13. The van der Waals surface area contributed by atoms with Crippen molar-refractivity contribution in [1.29, 1.82) is 0 Å². The summed E-state index contributed by atoms with van der Waals surface area (Å²) in [5, 5.41) is 9.70. The van der Waals surface area contributed by atoms with Gasteiger partial charge >= 0.3 is 5.97 Å². The molecule has 0 spiro atoms. The highest BCUT2D eigenvalue weighted by atomic mass is 32.1. The van der Waals surface area contributed by atoms with E-state index in [9.17, 15) is 4.79 Å². The second-order valence-electron chi connectivity index (χ2n) is 4.47. The number of carboxylic acid groups (broad SMARTS) is 1. The van der Waals surface area contributed by atoms with E-state index in [2.05, 4.69) is 9.97 Å². The van der Waals surface area contributed by atoms with E-state index in [1.807, 2.05) is 17.7 Å². The van der Waals surface area contributed by atoms with Crippen LogP contribution in [0.15, 0.2) is 5.51 Å². The highest BCUT2D eigenvalue weighted by Gasteiger charge is 2.27. The van der Waals surface area contributed by atoms with E-state index < -0.39 is 5.97 Å². The molecule has 4 nitrogen and oxygen atoms in total. The molecule has 1 fully saturated rings. The van der Waals surface area contributed by atoms with Gasteiger partial charge in [0.1, 0.15) is 5.01 Å². The standard InChI is InChI=1S/C13H12N2O2S2/c1-7-11(13(16)17)15-10(19-7)5-4-9-12(8-2-3-8)14-6-18-9/h4-6,8H,2-3H2,1H3,(H,16,17)/b5-4+. The third kappa shape index (κ3) is 2.59. The molecule has 2 aromatic rings. The van der Waals surface area contributed by atoms with Crippen molar-refractivity contribution in [1.82, 2.24) is 9.97 Å². The second kappa shape index (κ2) is 4.86. The molecule has 19 heavy (non-hydrogen) atoms. The largest absolute Gasteiger partial charge is 0.476 e. The van der Waals surface area contributed by atoms with Crippen LogP contribution in [0, 0.1) is 6.92 Å². The quantitative estimate of drug-likeness (QED) is 0.934. The van der Waals surface area contributed by atoms with Crippen LogP contribution in [0.25, 0.3) is 12.2 Å². The Bertz CT molecular complexity index is 653. The van der Waals surface area contributed by atoms with E-state index in [1.54, 1.807) is 18.3 Å². The van der Waals surface area contributed by atoms with E-state index in [1.165, 1.54) is 29.9 Å². The Labute approximate surface area is 118 Å².